The van der Waals surface area contributed by atoms with Crippen molar-refractivity contribution in [3.8, 4) is 11.4 Å². The van der Waals surface area contributed by atoms with Gasteiger partial charge in [0.15, 0.2) is 11.0 Å². The number of thioether (sulfide) groups is 1. The Bertz CT molecular complexity index is 1070. The number of anilines is 1. The van der Waals surface area contributed by atoms with Gasteiger partial charge in [-0.1, -0.05) is 41.6 Å². The van der Waals surface area contributed by atoms with Crippen molar-refractivity contribution in [2.24, 2.45) is 7.05 Å². The van der Waals surface area contributed by atoms with Crippen LogP contribution in [0.2, 0.25) is 5.02 Å². The van der Waals surface area contributed by atoms with Crippen LogP contribution in [0.15, 0.2) is 53.7 Å². The van der Waals surface area contributed by atoms with Crippen molar-refractivity contribution in [3.05, 3.63) is 59.1 Å². The number of nitrogens with one attached hydrogen (secondary N) is 1. The first-order chi connectivity index (χ1) is 14.3. The SMILES string of the molecule is CC(C)OC(=O)c1cccc(NC(=O)CSc2nnc(-c3ccccc3Cl)n2C)c1. The highest BCUT2D eigenvalue weighted by Crippen LogP contribution is 2.28. The molecule has 0 fully saturated rings. The summed E-state index contributed by atoms with van der Waals surface area (Å²) in [6.07, 6.45) is -0.214. The summed E-state index contributed by atoms with van der Waals surface area (Å²) in [4.78, 5) is 24.4. The van der Waals surface area contributed by atoms with Gasteiger partial charge in [0.1, 0.15) is 0 Å². The Balaban J connectivity index is 1.62. The van der Waals surface area contributed by atoms with Gasteiger partial charge in [0.2, 0.25) is 5.91 Å². The number of hydrogen-bond donors (Lipinski definition) is 1. The second-order valence-electron chi connectivity index (χ2n) is 6.72. The number of esters is 1. The van der Waals surface area contributed by atoms with Crippen molar-refractivity contribution in [1.82, 2.24) is 14.8 Å². The minimum absolute atomic E-state index is 0.134. The number of benzene rings is 2. The Morgan fingerprint density at radius 1 is 1.17 bits per heavy atom. The Kier molecular flexibility index (Phi) is 7.12. The molecule has 0 aliphatic carbocycles. The number of hydrogen-bond acceptors (Lipinski definition) is 6. The lowest BCUT2D eigenvalue weighted by Gasteiger charge is -2.10. The molecule has 2 aromatic carbocycles. The van der Waals surface area contributed by atoms with Crippen molar-refractivity contribution < 1.29 is 14.3 Å². The molecule has 0 saturated heterocycles. The second-order valence-corrected chi connectivity index (χ2v) is 8.07. The van der Waals surface area contributed by atoms with Gasteiger partial charge in [-0.05, 0) is 44.2 Å². The molecule has 1 heterocycles. The van der Waals surface area contributed by atoms with Crippen LogP contribution in [0.25, 0.3) is 11.4 Å². The van der Waals surface area contributed by atoms with Gasteiger partial charge in [-0.25, -0.2) is 4.79 Å². The molecule has 30 heavy (non-hydrogen) atoms. The molecule has 7 nitrogen and oxygen atoms in total. The molecule has 1 aromatic heterocycles. The largest absolute Gasteiger partial charge is 0.459 e. The number of rotatable bonds is 7. The molecule has 0 spiro atoms. The molecule has 0 radical (unpaired) electrons. The zero-order chi connectivity index (χ0) is 21.7. The van der Waals surface area contributed by atoms with Crippen LogP contribution in [0.1, 0.15) is 24.2 Å². The van der Waals surface area contributed by atoms with Gasteiger partial charge in [-0.15, -0.1) is 10.2 Å². The third-order valence-electron chi connectivity index (χ3n) is 4.01. The second kappa shape index (κ2) is 9.77. The summed E-state index contributed by atoms with van der Waals surface area (Å²) < 4.78 is 6.97. The lowest BCUT2D eigenvalue weighted by molar-refractivity contribution is -0.113. The molecular weight excluding hydrogens is 424 g/mol. The number of amides is 1. The van der Waals surface area contributed by atoms with E-state index in [-0.39, 0.29) is 17.8 Å². The lowest BCUT2D eigenvalue weighted by Crippen LogP contribution is -2.16. The van der Waals surface area contributed by atoms with Gasteiger partial charge in [0.05, 0.1) is 22.4 Å². The maximum Gasteiger partial charge on any atom is 0.338 e. The van der Waals surface area contributed by atoms with E-state index in [9.17, 15) is 9.59 Å². The molecule has 1 N–H and O–H groups in total. The maximum absolute atomic E-state index is 12.4. The number of nitrogens with zero attached hydrogens (tertiary/aromatic N) is 3. The van der Waals surface area contributed by atoms with E-state index in [4.69, 9.17) is 16.3 Å². The molecule has 0 unspecified atom stereocenters. The molecule has 0 bridgehead atoms. The molecule has 1 amide bonds. The Hall–Kier alpha value is -2.84. The first-order valence-electron chi connectivity index (χ1n) is 9.23. The standard InChI is InChI=1S/C21H21ClN4O3S/c1-13(2)29-20(28)14-7-6-8-15(11-14)23-18(27)12-30-21-25-24-19(26(21)3)16-9-4-5-10-17(16)22/h4-11,13H,12H2,1-3H3,(H,23,27). The summed E-state index contributed by atoms with van der Waals surface area (Å²) in [5, 5.41) is 12.3. The van der Waals surface area contributed by atoms with E-state index in [2.05, 4.69) is 15.5 Å². The van der Waals surface area contributed by atoms with Crippen LogP contribution in [0.4, 0.5) is 5.69 Å². The lowest BCUT2D eigenvalue weighted by atomic mass is 10.2. The fourth-order valence-electron chi connectivity index (χ4n) is 2.65. The van der Waals surface area contributed by atoms with Crippen LogP contribution in [-0.2, 0) is 16.6 Å². The first-order valence-corrected chi connectivity index (χ1v) is 10.6. The zero-order valence-corrected chi connectivity index (χ0v) is 18.3. The number of halogens is 1. The third kappa shape index (κ3) is 5.40. The minimum atomic E-state index is -0.429. The van der Waals surface area contributed by atoms with Crippen molar-refractivity contribution in [3.63, 3.8) is 0 Å². The number of aromatic nitrogens is 3. The summed E-state index contributed by atoms with van der Waals surface area (Å²) in [6.45, 7) is 3.56. The molecule has 3 aromatic rings. The zero-order valence-electron chi connectivity index (χ0n) is 16.8. The quantitative estimate of drug-likeness (QED) is 0.428. The predicted molar refractivity (Wildman–Crippen MR) is 118 cm³/mol. The van der Waals surface area contributed by atoms with E-state index in [1.54, 1.807) is 48.7 Å². The van der Waals surface area contributed by atoms with Crippen LogP contribution in [0.5, 0.6) is 0 Å². The molecule has 0 saturated carbocycles. The summed E-state index contributed by atoms with van der Waals surface area (Å²) in [6, 6.07) is 14.0. The van der Waals surface area contributed by atoms with Crippen molar-refractivity contribution in [2.45, 2.75) is 25.1 Å². The molecular formula is C21H21ClN4O3S. The smallest absolute Gasteiger partial charge is 0.338 e. The average molecular weight is 445 g/mol. The third-order valence-corrected chi connectivity index (χ3v) is 5.36. The van der Waals surface area contributed by atoms with E-state index >= 15 is 0 Å². The molecule has 156 valence electrons. The number of ether oxygens (including phenoxy) is 1. The van der Waals surface area contributed by atoms with E-state index in [1.807, 2.05) is 25.2 Å². The van der Waals surface area contributed by atoms with Crippen LogP contribution < -0.4 is 5.32 Å². The molecule has 9 heteroatoms. The van der Waals surface area contributed by atoms with E-state index in [0.29, 0.717) is 27.3 Å². The summed E-state index contributed by atoms with van der Waals surface area (Å²) in [5.41, 5.74) is 1.68. The fraction of sp³-hybridized carbons (Fsp3) is 0.238. The summed E-state index contributed by atoms with van der Waals surface area (Å²) in [7, 11) is 1.82. The molecule has 0 aliphatic rings. The van der Waals surface area contributed by atoms with Gasteiger partial charge < -0.3 is 14.6 Å². The highest BCUT2D eigenvalue weighted by molar-refractivity contribution is 7.99. The highest BCUT2D eigenvalue weighted by Gasteiger charge is 2.15. The summed E-state index contributed by atoms with van der Waals surface area (Å²) >= 11 is 7.49. The Labute approximate surface area is 183 Å². The van der Waals surface area contributed by atoms with E-state index in [0.717, 1.165) is 5.56 Å². The van der Waals surface area contributed by atoms with Crippen LogP contribution in [0, 0.1) is 0 Å². The topological polar surface area (TPSA) is 86.1 Å². The first kappa shape index (κ1) is 21.9. The van der Waals surface area contributed by atoms with Crippen LogP contribution in [0.3, 0.4) is 0 Å². The number of carbonyl (C=O) groups is 2. The maximum atomic E-state index is 12.4. The van der Waals surface area contributed by atoms with Crippen LogP contribution >= 0.6 is 23.4 Å². The molecule has 0 atom stereocenters. The predicted octanol–water partition coefficient (Wildman–Crippen LogP) is 4.43. The van der Waals surface area contributed by atoms with Gasteiger partial charge in [0.25, 0.3) is 0 Å². The fourth-order valence-corrected chi connectivity index (χ4v) is 3.58. The van der Waals surface area contributed by atoms with Gasteiger partial charge in [-0.2, -0.15) is 0 Å². The average Bonchev–Trinajstić information content (AvgIpc) is 3.07. The van der Waals surface area contributed by atoms with E-state index < -0.39 is 5.97 Å². The van der Waals surface area contributed by atoms with Gasteiger partial charge in [0, 0.05) is 18.3 Å². The highest BCUT2D eigenvalue weighted by atomic mass is 35.5. The normalized spacial score (nSPS) is 10.8. The monoisotopic (exact) mass is 444 g/mol. The van der Waals surface area contributed by atoms with Crippen molar-refractivity contribution in [1.29, 1.82) is 0 Å². The minimum Gasteiger partial charge on any atom is -0.459 e. The van der Waals surface area contributed by atoms with Gasteiger partial charge >= 0.3 is 5.97 Å². The molecule has 0 aliphatic heterocycles. The Morgan fingerprint density at radius 3 is 2.67 bits per heavy atom. The summed E-state index contributed by atoms with van der Waals surface area (Å²) in [5.74, 6) is 0.105. The molecule has 3 rings (SSSR count). The van der Waals surface area contributed by atoms with Crippen molar-refractivity contribution in [2.75, 3.05) is 11.1 Å². The number of carbonyl (C=O) groups excluding carboxylic acids is 2. The van der Waals surface area contributed by atoms with Gasteiger partial charge in [-0.3, -0.25) is 4.79 Å². The Morgan fingerprint density at radius 2 is 1.93 bits per heavy atom. The van der Waals surface area contributed by atoms with Crippen LogP contribution in [-0.4, -0.2) is 38.5 Å². The van der Waals surface area contributed by atoms with E-state index in [1.165, 1.54) is 11.8 Å². The van der Waals surface area contributed by atoms with Crippen molar-refractivity contribution >= 4 is 40.9 Å².